The molecule has 6 heteroatoms. The van der Waals surface area contributed by atoms with Crippen LogP contribution in [-0.2, 0) is 9.84 Å². The van der Waals surface area contributed by atoms with Gasteiger partial charge in [-0.1, -0.05) is 6.07 Å². The summed E-state index contributed by atoms with van der Waals surface area (Å²) in [5, 5.41) is 12.3. The first-order chi connectivity index (χ1) is 8.73. The van der Waals surface area contributed by atoms with Crippen LogP contribution in [0.1, 0.15) is 19.4 Å². The standard InChI is InChI=1S/C13H18N2O2S2/c1-13(2,19(4,16)17)9-15-11-6-5-7-12(18-3)10(11)8-14/h5-7,15H,9H2,1-4H3. The van der Waals surface area contributed by atoms with E-state index >= 15 is 0 Å². The molecule has 0 saturated carbocycles. The largest absolute Gasteiger partial charge is 0.382 e. The molecule has 0 aromatic heterocycles. The molecule has 0 bridgehead atoms. The lowest BCUT2D eigenvalue weighted by molar-refractivity contribution is 0.560. The average Bonchev–Trinajstić information content (AvgIpc) is 2.34. The van der Waals surface area contributed by atoms with Crippen LogP contribution in [0, 0.1) is 11.3 Å². The molecule has 1 aromatic rings. The highest BCUT2D eigenvalue weighted by atomic mass is 32.2. The first-order valence-electron chi connectivity index (χ1n) is 5.73. The molecule has 19 heavy (non-hydrogen) atoms. The molecule has 0 radical (unpaired) electrons. The lowest BCUT2D eigenvalue weighted by atomic mass is 10.1. The molecule has 0 heterocycles. The molecule has 0 aliphatic rings. The van der Waals surface area contributed by atoms with Crippen molar-refractivity contribution < 1.29 is 8.42 Å². The smallest absolute Gasteiger partial charge is 0.154 e. The van der Waals surface area contributed by atoms with Gasteiger partial charge in [-0.2, -0.15) is 5.26 Å². The third-order valence-corrected chi connectivity index (χ3v) is 6.00. The van der Waals surface area contributed by atoms with Crippen LogP contribution in [0.15, 0.2) is 23.1 Å². The van der Waals surface area contributed by atoms with Crippen LogP contribution in [0.4, 0.5) is 5.69 Å². The molecule has 1 N–H and O–H groups in total. The van der Waals surface area contributed by atoms with E-state index in [0.29, 0.717) is 11.3 Å². The third kappa shape index (κ3) is 3.64. The van der Waals surface area contributed by atoms with E-state index in [1.54, 1.807) is 19.9 Å². The molecule has 0 unspecified atom stereocenters. The molecule has 1 aromatic carbocycles. The summed E-state index contributed by atoms with van der Waals surface area (Å²) in [4.78, 5) is 0.879. The van der Waals surface area contributed by atoms with Crippen molar-refractivity contribution in [2.75, 3.05) is 24.4 Å². The maximum absolute atomic E-state index is 11.6. The Morgan fingerprint density at radius 2 is 2.05 bits per heavy atom. The molecule has 4 nitrogen and oxygen atoms in total. The summed E-state index contributed by atoms with van der Waals surface area (Å²) in [7, 11) is -3.16. The van der Waals surface area contributed by atoms with E-state index in [2.05, 4.69) is 11.4 Å². The molecule has 0 fully saturated rings. The van der Waals surface area contributed by atoms with Gasteiger partial charge in [0.2, 0.25) is 0 Å². The van der Waals surface area contributed by atoms with Gasteiger partial charge in [-0.15, -0.1) is 11.8 Å². The predicted molar refractivity (Wildman–Crippen MR) is 80.4 cm³/mol. The summed E-state index contributed by atoms with van der Waals surface area (Å²) < 4.78 is 22.4. The fourth-order valence-electron chi connectivity index (χ4n) is 1.40. The van der Waals surface area contributed by atoms with Crippen LogP contribution in [0.5, 0.6) is 0 Å². The van der Waals surface area contributed by atoms with Gasteiger partial charge in [-0.3, -0.25) is 0 Å². The molecule has 0 saturated heterocycles. The highest BCUT2D eigenvalue weighted by Crippen LogP contribution is 2.27. The molecule has 0 atom stereocenters. The zero-order chi connectivity index (χ0) is 14.7. The van der Waals surface area contributed by atoms with Crippen molar-refractivity contribution >= 4 is 27.3 Å². The SMILES string of the molecule is CSc1cccc(NCC(C)(C)S(C)(=O)=O)c1C#N. The Bertz CT molecular complexity index is 602. The minimum absolute atomic E-state index is 0.262. The minimum Gasteiger partial charge on any atom is -0.382 e. The number of nitrogens with zero attached hydrogens (tertiary/aromatic N) is 1. The number of benzene rings is 1. The second-order valence-corrected chi connectivity index (χ2v) is 8.38. The van der Waals surface area contributed by atoms with Gasteiger partial charge in [0.15, 0.2) is 9.84 Å². The van der Waals surface area contributed by atoms with Gasteiger partial charge in [0.25, 0.3) is 0 Å². The Kier molecular flexibility index (Phi) is 4.88. The Morgan fingerprint density at radius 1 is 1.42 bits per heavy atom. The van der Waals surface area contributed by atoms with E-state index in [0.717, 1.165) is 4.90 Å². The normalized spacial score (nSPS) is 11.9. The van der Waals surface area contributed by atoms with Gasteiger partial charge in [0.05, 0.1) is 16.0 Å². The number of hydrogen-bond donors (Lipinski definition) is 1. The predicted octanol–water partition coefficient (Wildman–Crippen LogP) is 2.52. The average molecular weight is 298 g/mol. The van der Waals surface area contributed by atoms with Crippen molar-refractivity contribution in [3.63, 3.8) is 0 Å². The lowest BCUT2D eigenvalue weighted by Gasteiger charge is -2.24. The molecule has 0 amide bonds. The van der Waals surface area contributed by atoms with Crippen molar-refractivity contribution in [2.45, 2.75) is 23.5 Å². The lowest BCUT2D eigenvalue weighted by Crippen LogP contribution is -2.38. The molecular weight excluding hydrogens is 280 g/mol. The molecule has 104 valence electrons. The van der Waals surface area contributed by atoms with Crippen LogP contribution in [0.2, 0.25) is 0 Å². The maximum atomic E-state index is 11.6. The zero-order valence-electron chi connectivity index (χ0n) is 11.5. The minimum atomic E-state index is -3.16. The van der Waals surface area contributed by atoms with E-state index < -0.39 is 14.6 Å². The van der Waals surface area contributed by atoms with E-state index in [9.17, 15) is 13.7 Å². The third-order valence-electron chi connectivity index (χ3n) is 3.07. The number of thioether (sulfide) groups is 1. The van der Waals surface area contributed by atoms with E-state index in [1.807, 2.05) is 18.4 Å². The van der Waals surface area contributed by atoms with E-state index in [4.69, 9.17) is 0 Å². The Morgan fingerprint density at radius 3 is 2.53 bits per heavy atom. The van der Waals surface area contributed by atoms with Crippen LogP contribution in [0.3, 0.4) is 0 Å². The Labute approximate surface area is 119 Å². The summed E-state index contributed by atoms with van der Waals surface area (Å²) >= 11 is 1.49. The van der Waals surface area contributed by atoms with Gasteiger partial charge in [-0.25, -0.2) is 8.42 Å². The highest BCUT2D eigenvalue weighted by molar-refractivity contribution is 7.98. The number of sulfone groups is 1. The number of rotatable bonds is 5. The zero-order valence-corrected chi connectivity index (χ0v) is 13.2. The summed E-state index contributed by atoms with van der Waals surface area (Å²) in [6, 6.07) is 7.67. The van der Waals surface area contributed by atoms with E-state index in [-0.39, 0.29) is 6.54 Å². The topological polar surface area (TPSA) is 70.0 Å². The molecular formula is C13H18N2O2S2. The summed E-state index contributed by atoms with van der Waals surface area (Å²) in [6.45, 7) is 3.60. The molecule has 0 aliphatic heterocycles. The maximum Gasteiger partial charge on any atom is 0.154 e. The van der Waals surface area contributed by atoms with Crippen LogP contribution < -0.4 is 5.32 Å². The summed E-state index contributed by atoms with van der Waals surface area (Å²) in [5.74, 6) is 0. The fourth-order valence-corrected chi connectivity index (χ4v) is 2.31. The Balaban J connectivity index is 3.00. The number of hydrogen-bond acceptors (Lipinski definition) is 5. The van der Waals surface area contributed by atoms with Gasteiger partial charge in [0.1, 0.15) is 6.07 Å². The number of nitrogens with one attached hydrogen (secondary N) is 1. The van der Waals surface area contributed by atoms with Crippen molar-refractivity contribution in [3.05, 3.63) is 23.8 Å². The second-order valence-electron chi connectivity index (χ2n) is 4.88. The fraction of sp³-hybridized carbons (Fsp3) is 0.462. The van der Waals surface area contributed by atoms with Crippen molar-refractivity contribution in [2.24, 2.45) is 0 Å². The van der Waals surface area contributed by atoms with Crippen LogP contribution in [-0.4, -0.2) is 32.2 Å². The van der Waals surface area contributed by atoms with Crippen LogP contribution >= 0.6 is 11.8 Å². The molecule has 0 spiro atoms. The number of anilines is 1. The quantitative estimate of drug-likeness (QED) is 0.846. The van der Waals surface area contributed by atoms with Gasteiger partial charge < -0.3 is 5.32 Å². The number of nitriles is 1. The van der Waals surface area contributed by atoms with Crippen molar-refractivity contribution in [3.8, 4) is 6.07 Å². The van der Waals surface area contributed by atoms with Crippen molar-refractivity contribution in [1.29, 1.82) is 5.26 Å². The second kappa shape index (κ2) is 5.85. The molecule has 1 rings (SSSR count). The van der Waals surface area contributed by atoms with Gasteiger partial charge >= 0.3 is 0 Å². The monoisotopic (exact) mass is 298 g/mol. The van der Waals surface area contributed by atoms with E-state index in [1.165, 1.54) is 18.0 Å². The molecule has 0 aliphatic carbocycles. The summed E-state index contributed by atoms with van der Waals surface area (Å²) in [6.07, 6.45) is 3.12. The first kappa shape index (κ1) is 15.9. The van der Waals surface area contributed by atoms with Gasteiger partial charge in [-0.05, 0) is 32.2 Å². The van der Waals surface area contributed by atoms with Crippen LogP contribution in [0.25, 0.3) is 0 Å². The van der Waals surface area contributed by atoms with Gasteiger partial charge in [0, 0.05) is 17.7 Å². The highest BCUT2D eigenvalue weighted by Gasteiger charge is 2.30. The van der Waals surface area contributed by atoms with Crippen molar-refractivity contribution in [1.82, 2.24) is 0 Å². The first-order valence-corrected chi connectivity index (χ1v) is 8.85. The Hall–Kier alpha value is -1.19. The summed E-state index contributed by atoms with van der Waals surface area (Å²) in [5.41, 5.74) is 1.23.